The van der Waals surface area contributed by atoms with E-state index in [4.69, 9.17) is 5.11 Å². The van der Waals surface area contributed by atoms with Crippen molar-refractivity contribution in [3.8, 4) is 0 Å². The third kappa shape index (κ3) is 1.14. The van der Waals surface area contributed by atoms with Gasteiger partial charge in [-0.15, -0.1) is 0 Å². The second-order valence-electron chi connectivity index (χ2n) is 3.56. The fraction of sp³-hybridized carbons (Fsp3) is 0.667. The highest BCUT2D eigenvalue weighted by Crippen LogP contribution is 2.26. The first kappa shape index (κ1) is 7.80. The summed E-state index contributed by atoms with van der Waals surface area (Å²) in [4.78, 5) is 11.4. The molecular weight excluding hydrogens is 154 g/mol. The lowest BCUT2D eigenvalue weighted by molar-refractivity contribution is -0.118. The summed E-state index contributed by atoms with van der Waals surface area (Å²) in [5.41, 5.74) is 0.575. The van der Waals surface area contributed by atoms with Crippen molar-refractivity contribution in [2.24, 2.45) is 0 Å². The van der Waals surface area contributed by atoms with Gasteiger partial charge in [0.15, 0.2) is 5.78 Å². The minimum Gasteiger partial charge on any atom is -0.515 e. The summed E-state index contributed by atoms with van der Waals surface area (Å²) in [6, 6.07) is 0.481. The van der Waals surface area contributed by atoms with Crippen molar-refractivity contribution in [2.45, 2.75) is 37.8 Å². The number of hydrogen-bond donors (Lipinski definition) is 2. The Hall–Kier alpha value is -0.830. The average Bonchev–Trinajstić information content (AvgIpc) is 2.04. The van der Waals surface area contributed by atoms with Crippen LogP contribution < -0.4 is 5.32 Å². The third-order valence-electron chi connectivity index (χ3n) is 2.75. The number of carbonyl (C=O) groups excluding carboxylic acids is 1. The summed E-state index contributed by atoms with van der Waals surface area (Å²) >= 11 is 0. The third-order valence-corrected chi connectivity index (χ3v) is 2.75. The van der Waals surface area contributed by atoms with Crippen LogP contribution in [0.4, 0.5) is 0 Å². The molecule has 3 nitrogen and oxygen atoms in total. The molecule has 0 spiro atoms. The molecule has 66 valence electrons. The maximum atomic E-state index is 11.4. The number of nitrogens with one attached hydrogen (secondary N) is 1. The van der Waals surface area contributed by atoms with Crippen LogP contribution in [-0.4, -0.2) is 23.0 Å². The minimum absolute atomic E-state index is 0.117. The van der Waals surface area contributed by atoms with Gasteiger partial charge in [-0.3, -0.25) is 4.79 Å². The molecule has 0 aromatic heterocycles. The van der Waals surface area contributed by atoms with Gasteiger partial charge in [0.1, 0.15) is 0 Å². The molecule has 0 amide bonds. The van der Waals surface area contributed by atoms with Crippen molar-refractivity contribution >= 4 is 5.78 Å². The van der Waals surface area contributed by atoms with E-state index in [-0.39, 0.29) is 11.8 Å². The normalized spacial score (nSPS) is 38.7. The van der Waals surface area contributed by atoms with Gasteiger partial charge < -0.3 is 10.4 Å². The Morgan fingerprint density at radius 3 is 3.08 bits per heavy atom. The fourth-order valence-corrected chi connectivity index (χ4v) is 2.12. The molecule has 0 saturated carbocycles. The van der Waals surface area contributed by atoms with Crippen molar-refractivity contribution in [2.75, 3.05) is 0 Å². The number of rotatable bonds is 0. The summed E-state index contributed by atoms with van der Waals surface area (Å²) in [6.07, 6.45) is 4.77. The zero-order chi connectivity index (χ0) is 8.55. The zero-order valence-electron chi connectivity index (χ0n) is 6.92. The second kappa shape index (κ2) is 2.90. The second-order valence-corrected chi connectivity index (χ2v) is 3.56. The molecule has 2 atom stereocenters. The zero-order valence-corrected chi connectivity index (χ0v) is 6.92. The number of piperidine rings is 2. The van der Waals surface area contributed by atoms with Crippen molar-refractivity contribution in [3.05, 3.63) is 11.8 Å². The Labute approximate surface area is 71.5 Å². The largest absolute Gasteiger partial charge is 0.515 e. The molecular formula is C9H13NO2. The molecule has 2 rings (SSSR count). The Balaban J connectivity index is 2.21. The molecule has 12 heavy (non-hydrogen) atoms. The van der Waals surface area contributed by atoms with Crippen LogP contribution in [0.5, 0.6) is 0 Å². The van der Waals surface area contributed by atoms with Gasteiger partial charge >= 0.3 is 0 Å². The first-order valence-electron chi connectivity index (χ1n) is 4.45. The predicted octanol–water partition coefficient (Wildman–Crippen LogP) is 0.912. The summed E-state index contributed by atoms with van der Waals surface area (Å²) in [6.45, 7) is 0. The Morgan fingerprint density at radius 2 is 2.33 bits per heavy atom. The fourth-order valence-electron chi connectivity index (χ4n) is 2.12. The maximum Gasteiger partial charge on any atom is 0.165 e. The molecule has 0 radical (unpaired) electrons. The molecule has 0 aromatic rings. The van der Waals surface area contributed by atoms with Crippen molar-refractivity contribution in [1.29, 1.82) is 0 Å². The predicted molar refractivity (Wildman–Crippen MR) is 44.9 cm³/mol. The highest BCUT2D eigenvalue weighted by atomic mass is 16.2. The van der Waals surface area contributed by atoms with Gasteiger partial charge in [-0.1, -0.05) is 0 Å². The minimum atomic E-state index is 0.117. The van der Waals surface area contributed by atoms with E-state index in [1.807, 2.05) is 0 Å². The topological polar surface area (TPSA) is 49.3 Å². The van der Waals surface area contributed by atoms with E-state index in [1.165, 1.54) is 0 Å². The van der Waals surface area contributed by atoms with Crippen LogP contribution in [0, 0.1) is 0 Å². The van der Waals surface area contributed by atoms with Crippen LogP contribution in [0.25, 0.3) is 0 Å². The van der Waals surface area contributed by atoms with E-state index in [0.717, 1.165) is 25.5 Å². The van der Waals surface area contributed by atoms with Crippen LogP contribution in [0.1, 0.15) is 25.7 Å². The van der Waals surface area contributed by atoms with Gasteiger partial charge in [0.25, 0.3) is 0 Å². The van der Waals surface area contributed by atoms with E-state index >= 15 is 0 Å². The Morgan fingerprint density at radius 1 is 1.50 bits per heavy atom. The van der Waals surface area contributed by atoms with Gasteiger partial charge in [0.05, 0.1) is 6.26 Å². The molecule has 2 N–H and O–H groups in total. The van der Waals surface area contributed by atoms with Gasteiger partial charge in [-0.25, -0.2) is 0 Å². The van der Waals surface area contributed by atoms with Crippen molar-refractivity contribution < 1.29 is 9.90 Å². The number of carbonyl (C=O) groups is 1. The highest BCUT2D eigenvalue weighted by molar-refractivity contribution is 5.97. The summed E-state index contributed by atoms with van der Waals surface area (Å²) in [7, 11) is 0. The van der Waals surface area contributed by atoms with E-state index < -0.39 is 0 Å². The lowest BCUT2D eigenvalue weighted by Crippen LogP contribution is -2.50. The molecule has 2 aliphatic heterocycles. The average molecular weight is 167 g/mol. The molecule has 0 aliphatic carbocycles. The highest BCUT2D eigenvalue weighted by Gasteiger charge is 2.33. The molecule has 3 heteroatoms. The van der Waals surface area contributed by atoms with Crippen LogP contribution >= 0.6 is 0 Å². The first-order chi connectivity index (χ1) is 5.81. The summed E-state index contributed by atoms with van der Waals surface area (Å²) < 4.78 is 0. The number of ketones is 1. The number of hydrogen-bond acceptors (Lipinski definition) is 3. The quantitative estimate of drug-likeness (QED) is 0.416. The lowest BCUT2D eigenvalue weighted by atomic mass is 9.83. The first-order valence-corrected chi connectivity index (χ1v) is 4.45. The number of aliphatic hydroxyl groups is 1. The molecule has 2 aliphatic rings. The Bertz CT molecular complexity index is 235. The number of fused-ring (bicyclic) bond motifs is 2. The van der Waals surface area contributed by atoms with Crippen molar-refractivity contribution in [1.82, 2.24) is 5.32 Å². The monoisotopic (exact) mass is 167 g/mol. The van der Waals surface area contributed by atoms with Gasteiger partial charge in [0, 0.05) is 24.1 Å². The summed E-state index contributed by atoms with van der Waals surface area (Å²) in [5, 5.41) is 12.2. The molecule has 2 bridgehead atoms. The summed E-state index contributed by atoms with van der Waals surface area (Å²) in [5.74, 6) is 0.117. The molecule has 2 fully saturated rings. The Kier molecular flexibility index (Phi) is 1.89. The van der Waals surface area contributed by atoms with Crippen LogP contribution in [-0.2, 0) is 4.79 Å². The molecule has 2 saturated heterocycles. The standard InChI is InChI=1S/C9H13NO2/c11-5-7-8-3-1-2-6(10-8)4-9(7)12/h5-6,8,10-11H,1-4H2. The van der Waals surface area contributed by atoms with Crippen LogP contribution in [0.2, 0.25) is 0 Å². The molecule has 2 heterocycles. The van der Waals surface area contributed by atoms with Gasteiger partial charge in [-0.2, -0.15) is 0 Å². The molecule has 2 unspecified atom stereocenters. The van der Waals surface area contributed by atoms with Crippen LogP contribution in [0.15, 0.2) is 11.8 Å². The van der Waals surface area contributed by atoms with E-state index in [0.29, 0.717) is 18.0 Å². The lowest BCUT2D eigenvalue weighted by Gasteiger charge is -2.36. The van der Waals surface area contributed by atoms with E-state index in [1.54, 1.807) is 0 Å². The van der Waals surface area contributed by atoms with Gasteiger partial charge in [0.2, 0.25) is 0 Å². The van der Waals surface area contributed by atoms with Crippen LogP contribution in [0.3, 0.4) is 0 Å². The maximum absolute atomic E-state index is 11.4. The smallest absolute Gasteiger partial charge is 0.165 e. The van der Waals surface area contributed by atoms with Crippen molar-refractivity contribution in [3.63, 3.8) is 0 Å². The number of Topliss-reactive ketones (excluding diaryl/α,β-unsaturated/α-hetero) is 1. The van der Waals surface area contributed by atoms with Gasteiger partial charge in [-0.05, 0) is 19.3 Å². The SMILES string of the molecule is O=C1CC2CCCC(N2)C1=CO. The van der Waals surface area contributed by atoms with E-state index in [2.05, 4.69) is 5.32 Å². The van der Waals surface area contributed by atoms with E-state index in [9.17, 15) is 4.79 Å². The molecule has 0 aromatic carbocycles. The number of aliphatic hydroxyl groups excluding tert-OH is 1.